The molecule has 1 unspecified atom stereocenters. The van der Waals surface area contributed by atoms with Gasteiger partial charge in [-0.15, -0.1) is 0 Å². The molecule has 1 atom stereocenters. The summed E-state index contributed by atoms with van der Waals surface area (Å²) in [5, 5.41) is 3.14. The zero-order chi connectivity index (χ0) is 13.5. The average Bonchev–Trinajstić information content (AvgIpc) is 2.27. The van der Waals surface area contributed by atoms with Crippen molar-refractivity contribution in [1.82, 2.24) is 5.32 Å². The second-order valence-corrected chi connectivity index (χ2v) is 4.98. The lowest BCUT2D eigenvalue weighted by atomic mass is 10.0. The predicted octanol–water partition coefficient (Wildman–Crippen LogP) is 2.12. The normalized spacial score (nSPS) is 15.4. The molecule has 0 heterocycles. The summed E-state index contributed by atoms with van der Waals surface area (Å²) >= 11 is 0. The highest BCUT2D eigenvalue weighted by molar-refractivity contribution is 5.80. The van der Waals surface area contributed by atoms with Gasteiger partial charge in [-0.05, 0) is 40.7 Å². The Balaban J connectivity index is 4.56. The number of likely N-dealkylation sites (N-methyl/N-ethyl adjacent to an activating group) is 1. The highest BCUT2D eigenvalue weighted by atomic mass is 16.5. The Hall–Kier alpha value is -0.610. The molecule has 1 N–H and O–H groups in total. The summed E-state index contributed by atoms with van der Waals surface area (Å²) in [5.74, 6) is -0.256. The third-order valence-corrected chi connectivity index (χ3v) is 2.90. The van der Waals surface area contributed by atoms with E-state index in [1.807, 2.05) is 27.7 Å². The van der Waals surface area contributed by atoms with Crippen molar-refractivity contribution in [2.45, 2.75) is 59.1 Å². The molecule has 4 nitrogen and oxygen atoms in total. The molecule has 0 radical (unpaired) electrons. The van der Waals surface area contributed by atoms with Crippen LogP contribution in [-0.4, -0.2) is 36.9 Å². The summed E-state index contributed by atoms with van der Waals surface area (Å²) in [7, 11) is 0. The summed E-state index contributed by atoms with van der Waals surface area (Å²) in [6, 6.07) is 0. The van der Waals surface area contributed by atoms with Crippen LogP contribution in [0.15, 0.2) is 0 Å². The van der Waals surface area contributed by atoms with Crippen molar-refractivity contribution in [2.24, 2.45) is 0 Å². The lowest BCUT2D eigenvalue weighted by Gasteiger charge is -2.32. The number of ether oxygens (including phenoxy) is 2. The van der Waals surface area contributed by atoms with Crippen molar-refractivity contribution >= 4 is 5.97 Å². The van der Waals surface area contributed by atoms with Gasteiger partial charge in [0.25, 0.3) is 0 Å². The minimum absolute atomic E-state index is 0.219. The molecular formula is C13H27NO3. The largest absolute Gasteiger partial charge is 0.465 e. The van der Waals surface area contributed by atoms with E-state index >= 15 is 0 Å². The second kappa shape index (κ2) is 6.97. The van der Waals surface area contributed by atoms with Crippen LogP contribution in [0.5, 0.6) is 0 Å². The van der Waals surface area contributed by atoms with E-state index in [0.29, 0.717) is 19.8 Å². The first-order valence-electron chi connectivity index (χ1n) is 6.37. The van der Waals surface area contributed by atoms with E-state index in [4.69, 9.17) is 9.47 Å². The van der Waals surface area contributed by atoms with Crippen molar-refractivity contribution in [3.05, 3.63) is 0 Å². The molecule has 0 aromatic heterocycles. The first-order valence-corrected chi connectivity index (χ1v) is 6.37. The number of nitrogens with one attached hydrogen (secondary N) is 1. The first kappa shape index (κ1) is 16.4. The van der Waals surface area contributed by atoms with Gasteiger partial charge in [-0.2, -0.15) is 0 Å². The molecule has 0 aliphatic heterocycles. The molecule has 0 aliphatic carbocycles. The Labute approximate surface area is 105 Å². The quantitative estimate of drug-likeness (QED) is 0.665. The van der Waals surface area contributed by atoms with Crippen LogP contribution in [0.4, 0.5) is 0 Å². The van der Waals surface area contributed by atoms with Crippen molar-refractivity contribution in [3.63, 3.8) is 0 Å². The standard InChI is InChI=1S/C13H27NO3/c1-7-12(4,5)17-10-13(6,14-8-2)11(15)16-9-3/h14H,7-10H2,1-6H3. The van der Waals surface area contributed by atoms with Crippen LogP contribution < -0.4 is 5.32 Å². The molecule has 102 valence electrons. The van der Waals surface area contributed by atoms with E-state index in [-0.39, 0.29) is 11.6 Å². The first-order chi connectivity index (χ1) is 7.81. The highest BCUT2D eigenvalue weighted by Gasteiger charge is 2.36. The Morgan fingerprint density at radius 1 is 1.18 bits per heavy atom. The van der Waals surface area contributed by atoms with E-state index < -0.39 is 5.54 Å². The molecule has 0 aromatic rings. The zero-order valence-corrected chi connectivity index (χ0v) is 12.1. The molecule has 0 amide bonds. The van der Waals surface area contributed by atoms with Crippen LogP contribution in [0, 0.1) is 0 Å². The number of esters is 1. The fourth-order valence-electron chi connectivity index (χ4n) is 1.30. The molecule has 17 heavy (non-hydrogen) atoms. The molecule has 0 bridgehead atoms. The van der Waals surface area contributed by atoms with Gasteiger partial charge in [-0.1, -0.05) is 13.8 Å². The number of hydrogen-bond donors (Lipinski definition) is 1. The van der Waals surface area contributed by atoms with Crippen LogP contribution in [-0.2, 0) is 14.3 Å². The Morgan fingerprint density at radius 2 is 1.76 bits per heavy atom. The molecular weight excluding hydrogens is 218 g/mol. The fourth-order valence-corrected chi connectivity index (χ4v) is 1.30. The predicted molar refractivity (Wildman–Crippen MR) is 69.0 cm³/mol. The molecule has 0 fully saturated rings. The molecule has 0 saturated carbocycles. The maximum Gasteiger partial charge on any atom is 0.328 e. The number of hydrogen-bond acceptors (Lipinski definition) is 4. The topological polar surface area (TPSA) is 47.6 Å². The molecule has 0 spiro atoms. The maximum atomic E-state index is 11.9. The third-order valence-electron chi connectivity index (χ3n) is 2.90. The third kappa shape index (κ3) is 5.50. The maximum absolute atomic E-state index is 11.9. The van der Waals surface area contributed by atoms with Crippen LogP contribution in [0.25, 0.3) is 0 Å². The second-order valence-electron chi connectivity index (χ2n) is 4.98. The van der Waals surface area contributed by atoms with Crippen molar-refractivity contribution in [1.29, 1.82) is 0 Å². The molecule has 0 aliphatic rings. The van der Waals surface area contributed by atoms with Gasteiger partial charge < -0.3 is 14.8 Å². The minimum Gasteiger partial charge on any atom is -0.465 e. The zero-order valence-electron chi connectivity index (χ0n) is 12.1. The van der Waals surface area contributed by atoms with Crippen molar-refractivity contribution < 1.29 is 14.3 Å². The summed E-state index contributed by atoms with van der Waals surface area (Å²) in [4.78, 5) is 11.9. The van der Waals surface area contributed by atoms with Crippen LogP contribution >= 0.6 is 0 Å². The van der Waals surface area contributed by atoms with Crippen LogP contribution in [0.3, 0.4) is 0 Å². The summed E-state index contributed by atoms with van der Waals surface area (Å²) in [6.45, 7) is 13.1. The van der Waals surface area contributed by atoms with Gasteiger partial charge in [0, 0.05) is 0 Å². The monoisotopic (exact) mass is 245 g/mol. The van der Waals surface area contributed by atoms with Gasteiger partial charge in [0.1, 0.15) is 5.54 Å². The smallest absolute Gasteiger partial charge is 0.328 e. The number of carbonyl (C=O) groups is 1. The molecule has 0 rings (SSSR count). The highest BCUT2D eigenvalue weighted by Crippen LogP contribution is 2.17. The van der Waals surface area contributed by atoms with Crippen molar-refractivity contribution in [2.75, 3.05) is 19.8 Å². The average molecular weight is 245 g/mol. The van der Waals surface area contributed by atoms with Crippen LogP contribution in [0.2, 0.25) is 0 Å². The van der Waals surface area contributed by atoms with E-state index in [0.717, 1.165) is 6.42 Å². The Kier molecular flexibility index (Phi) is 6.72. The molecule has 4 heteroatoms. The number of rotatable bonds is 8. The Morgan fingerprint density at radius 3 is 2.18 bits per heavy atom. The SMILES string of the molecule is CCNC(C)(COC(C)(C)CC)C(=O)OCC. The van der Waals surface area contributed by atoms with E-state index in [1.165, 1.54) is 0 Å². The lowest BCUT2D eigenvalue weighted by Crippen LogP contribution is -2.55. The minimum atomic E-state index is -0.767. The van der Waals surface area contributed by atoms with Gasteiger partial charge in [0.2, 0.25) is 0 Å². The van der Waals surface area contributed by atoms with Crippen LogP contribution in [0.1, 0.15) is 48.0 Å². The van der Waals surface area contributed by atoms with E-state index in [9.17, 15) is 4.79 Å². The van der Waals surface area contributed by atoms with E-state index in [1.54, 1.807) is 6.92 Å². The summed E-state index contributed by atoms with van der Waals surface area (Å²) < 4.78 is 10.9. The Bertz CT molecular complexity index is 241. The summed E-state index contributed by atoms with van der Waals surface area (Å²) in [5.41, 5.74) is -0.986. The molecule has 0 aromatic carbocycles. The lowest BCUT2D eigenvalue weighted by molar-refractivity contribution is -0.156. The van der Waals surface area contributed by atoms with Gasteiger partial charge in [0.05, 0.1) is 18.8 Å². The summed E-state index contributed by atoms with van der Waals surface area (Å²) in [6.07, 6.45) is 0.901. The van der Waals surface area contributed by atoms with Gasteiger partial charge in [-0.25, -0.2) is 4.79 Å². The fraction of sp³-hybridized carbons (Fsp3) is 0.923. The van der Waals surface area contributed by atoms with Gasteiger partial charge in [-0.3, -0.25) is 0 Å². The van der Waals surface area contributed by atoms with Crippen molar-refractivity contribution in [3.8, 4) is 0 Å². The number of carbonyl (C=O) groups excluding carboxylic acids is 1. The van der Waals surface area contributed by atoms with Gasteiger partial charge in [0.15, 0.2) is 0 Å². The van der Waals surface area contributed by atoms with E-state index in [2.05, 4.69) is 12.2 Å². The molecule has 0 saturated heterocycles. The van der Waals surface area contributed by atoms with Gasteiger partial charge >= 0.3 is 5.97 Å².